The lowest BCUT2D eigenvalue weighted by Gasteiger charge is -2.18. The average Bonchev–Trinajstić information content (AvgIpc) is 3.80. The molecule has 2 fully saturated rings. The zero-order valence-corrected chi connectivity index (χ0v) is 21.1. The Bertz CT molecular complexity index is 1510. The van der Waals surface area contributed by atoms with E-state index in [0.29, 0.717) is 25.0 Å². The summed E-state index contributed by atoms with van der Waals surface area (Å²) < 4.78 is 22.0. The van der Waals surface area contributed by atoms with Crippen LogP contribution in [0.3, 0.4) is 0 Å². The van der Waals surface area contributed by atoms with Crippen molar-refractivity contribution in [3.63, 3.8) is 0 Å². The van der Waals surface area contributed by atoms with Crippen LogP contribution in [0, 0.1) is 0 Å². The summed E-state index contributed by atoms with van der Waals surface area (Å²) in [5.74, 6) is 0.635. The maximum Gasteiger partial charge on any atom is 0.341 e. The Balaban J connectivity index is 0.978. The molecule has 2 aliphatic heterocycles. The molecule has 7 rings (SSSR count). The Kier molecular flexibility index (Phi) is 6.33. The van der Waals surface area contributed by atoms with Crippen molar-refractivity contribution in [2.75, 3.05) is 13.2 Å². The zero-order valence-electron chi connectivity index (χ0n) is 21.1. The normalized spacial score (nSPS) is 22.2. The third-order valence-corrected chi connectivity index (χ3v) is 7.28. The molecule has 0 unspecified atom stereocenters. The number of tetrazole rings is 1. The van der Waals surface area contributed by atoms with Crippen molar-refractivity contribution in [2.24, 2.45) is 0 Å². The fraction of sp³-hybridized carbons (Fsp3) is 0.241. The largest absolute Gasteiger partial charge is 0.423 e. The quantitative estimate of drug-likeness (QED) is 0.329. The second-order valence-corrected chi connectivity index (χ2v) is 9.69. The van der Waals surface area contributed by atoms with E-state index >= 15 is 0 Å². The molecule has 10 nitrogen and oxygen atoms in total. The Morgan fingerprint density at radius 1 is 0.872 bits per heavy atom. The number of hydrogen-bond donors (Lipinski definition) is 1. The van der Waals surface area contributed by atoms with Gasteiger partial charge in [0.2, 0.25) is 0 Å². The minimum Gasteiger partial charge on any atom is -0.423 e. The van der Waals surface area contributed by atoms with Crippen LogP contribution >= 0.6 is 0 Å². The number of nitrogens with one attached hydrogen (secondary N) is 1. The van der Waals surface area contributed by atoms with Crippen molar-refractivity contribution in [1.82, 2.24) is 35.1 Å². The topological polar surface area (TPSA) is 101 Å². The lowest BCUT2D eigenvalue weighted by atomic mass is 10.0. The molecule has 2 aromatic heterocycles. The van der Waals surface area contributed by atoms with Crippen molar-refractivity contribution in [2.45, 2.75) is 30.8 Å². The van der Waals surface area contributed by atoms with Crippen molar-refractivity contribution >= 4 is 0 Å². The molecular weight excluding hydrogens is 494 g/mol. The number of hydrogen-bond acceptors (Lipinski definition) is 8. The van der Waals surface area contributed by atoms with Gasteiger partial charge in [-0.05, 0) is 51.4 Å². The van der Waals surface area contributed by atoms with Gasteiger partial charge in [0, 0.05) is 24.6 Å². The summed E-state index contributed by atoms with van der Waals surface area (Å²) in [6.45, 7) is 1.73. The van der Waals surface area contributed by atoms with Crippen LogP contribution < -0.4 is 10.1 Å². The Labute approximate surface area is 225 Å². The van der Waals surface area contributed by atoms with E-state index in [9.17, 15) is 0 Å². The number of rotatable bonds is 8. The first-order chi connectivity index (χ1) is 19.3. The molecule has 0 radical (unpaired) electrons. The summed E-state index contributed by atoms with van der Waals surface area (Å²) in [5.41, 5.74) is 4.62. The highest BCUT2D eigenvalue weighted by atomic mass is 16.6. The molecule has 0 aliphatic carbocycles. The highest BCUT2D eigenvalue weighted by Gasteiger charge is 2.49. The molecule has 5 aromatic rings. The lowest BCUT2D eigenvalue weighted by molar-refractivity contribution is 0.0611. The maximum absolute atomic E-state index is 6.19. The number of benzene rings is 3. The minimum absolute atomic E-state index is 0.0744. The van der Waals surface area contributed by atoms with Crippen LogP contribution in [0.1, 0.15) is 11.6 Å². The van der Waals surface area contributed by atoms with Gasteiger partial charge in [0.25, 0.3) is 0 Å². The number of imidazole rings is 1. The van der Waals surface area contributed by atoms with Crippen LogP contribution in [0.5, 0.6) is 11.8 Å². The summed E-state index contributed by atoms with van der Waals surface area (Å²) in [6, 6.07) is 26.9. The molecule has 10 heteroatoms. The lowest BCUT2D eigenvalue weighted by Crippen LogP contribution is -2.40. The average molecular weight is 522 g/mol. The summed E-state index contributed by atoms with van der Waals surface area (Å²) >= 11 is 0. The summed E-state index contributed by atoms with van der Waals surface area (Å²) in [6.07, 6.45) is 5.11. The maximum atomic E-state index is 6.19. The van der Waals surface area contributed by atoms with E-state index in [1.165, 1.54) is 16.7 Å². The molecule has 0 bridgehead atoms. The van der Waals surface area contributed by atoms with Crippen LogP contribution in [0.4, 0.5) is 0 Å². The van der Waals surface area contributed by atoms with Crippen molar-refractivity contribution in [3.05, 3.63) is 103 Å². The predicted octanol–water partition coefficient (Wildman–Crippen LogP) is 3.82. The molecule has 2 aliphatic rings. The first-order valence-corrected chi connectivity index (χ1v) is 13.0. The van der Waals surface area contributed by atoms with Gasteiger partial charge in [0.15, 0.2) is 0 Å². The fourth-order valence-electron chi connectivity index (χ4n) is 5.22. The SMILES string of the molecule is c1ccc(-c2ccc(CN[C@H]3CO[C@H]4[C@@H]3OC[C@@H]4n3nnnc3Oc3ccc(-n4ccnc4)cc3)cc2)cc1. The van der Waals surface area contributed by atoms with Gasteiger partial charge in [-0.3, -0.25) is 0 Å². The standard InChI is InChI=1S/C29H27N7O3/c1-2-4-21(5-3-1)22-8-6-20(7-9-22)16-31-25-17-37-28-26(18-38-27(25)28)36-29(32-33-34-36)39-24-12-10-23(11-13-24)35-15-14-30-19-35/h1-15,19,25-28,31H,16-18H2/t25-,26-,27+,28+/m0/s1. The number of aromatic nitrogens is 6. The van der Waals surface area contributed by atoms with E-state index in [2.05, 4.69) is 74.4 Å². The number of nitrogens with zero attached hydrogens (tertiary/aromatic N) is 6. The third kappa shape index (κ3) is 4.81. The molecule has 4 atom stereocenters. The smallest absolute Gasteiger partial charge is 0.341 e. The first kappa shape index (κ1) is 23.7. The van der Waals surface area contributed by atoms with Crippen LogP contribution in [0.2, 0.25) is 0 Å². The van der Waals surface area contributed by atoms with Crippen molar-refractivity contribution < 1.29 is 14.2 Å². The van der Waals surface area contributed by atoms with Gasteiger partial charge in [-0.1, -0.05) is 59.7 Å². The van der Waals surface area contributed by atoms with E-state index < -0.39 is 0 Å². The molecule has 0 spiro atoms. The molecule has 0 amide bonds. The van der Waals surface area contributed by atoms with Gasteiger partial charge < -0.3 is 24.1 Å². The van der Waals surface area contributed by atoms with E-state index in [1.54, 1.807) is 17.2 Å². The first-order valence-electron chi connectivity index (χ1n) is 13.0. The van der Waals surface area contributed by atoms with E-state index in [4.69, 9.17) is 14.2 Å². The van der Waals surface area contributed by atoms with E-state index in [-0.39, 0.29) is 24.3 Å². The molecule has 0 saturated carbocycles. The Morgan fingerprint density at radius 3 is 2.46 bits per heavy atom. The summed E-state index contributed by atoms with van der Waals surface area (Å²) in [4.78, 5) is 4.08. The second-order valence-electron chi connectivity index (χ2n) is 9.69. The number of ether oxygens (including phenoxy) is 3. The van der Waals surface area contributed by atoms with Gasteiger partial charge in [-0.2, -0.15) is 4.68 Å². The van der Waals surface area contributed by atoms with Crippen LogP contribution in [-0.2, 0) is 16.0 Å². The Hall–Kier alpha value is -4.38. The molecule has 196 valence electrons. The summed E-state index contributed by atoms with van der Waals surface area (Å²) in [7, 11) is 0. The van der Waals surface area contributed by atoms with Gasteiger partial charge in [-0.15, -0.1) is 0 Å². The fourth-order valence-corrected chi connectivity index (χ4v) is 5.22. The number of fused-ring (bicyclic) bond motifs is 1. The highest BCUT2D eigenvalue weighted by Crippen LogP contribution is 2.36. The van der Waals surface area contributed by atoms with Crippen molar-refractivity contribution in [1.29, 1.82) is 0 Å². The zero-order chi connectivity index (χ0) is 26.0. The van der Waals surface area contributed by atoms with Gasteiger partial charge >= 0.3 is 6.01 Å². The minimum atomic E-state index is -0.179. The second kappa shape index (κ2) is 10.4. The van der Waals surface area contributed by atoms with Crippen LogP contribution in [0.15, 0.2) is 97.6 Å². The molecule has 39 heavy (non-hydrogen) atoms. The Morgan fingerprint density at radius 2 is 1.67 bits per heavy atom. The van der Waals surface area contributed by atoms with Crippen LogP contribution in [0.25, 0.3) is 16.8 Å². The predicted molar refractivity (Wildman–Crippen MR) is 142 cm³/mol. The van der Waals surface area contributed by atoms with Gasteiger partial charge in [0.05, 0.1) is 25.6 Å². The molecule has 2 saturated heterocycles. The molecular formula is C29H27N7O3. The van der Waals surface area contributed by atoms with Gasteiger partial charge in [-0.25, -0.2) is 4.98 Å². The molecule has 4 heterocycles. The molecule has 1 N–H and O–H groups in total. The van der Waals surface area contributed by atoms with Crippen LogP contribution in [-0.4, -0.2) is 61.2 Å². The third-order valence-electron chi connectivity index (χ3n) is 7.28. The highest BCUT2D eigenvalue weighted by molar-refractivity contribution is 5.63. The molecule has 3 aromatic carbocycles. The monoisotopic (exact) mass is 521 g/mol. The van der Waals surface area contributed by atoms with E-state index in [1.807, 2.05) is 41.1 Å². The van der Waals surface area contributed by atoms with Gasteiger partial charge in [0.1, 0.15) is 24.0 Å². The van der Waals surface area contributed by atoms with E-state index in [0.717, 1.165) is 12.2 Å². The van der Waals surface area contributed by atoms with Crippen molar-refractivity contribution in [3.8, 4) is 28.6 Å². The summed E-state index contributed by atoms with van der Waals surface area (Å²) in [5, 5.41) is 15.8.